The molecule has 0 saturated carbocycles. The average Bonchev–Trinajstić information content (AvgIpc) is 3.23. The van der Waals surface area contributed by atoms with Gasteiger partial charge in [-0.3, -0.25) is 24.0 Å². The van der Waals surface area contributed by atoms with E-state index >= 15 is 0 Å². The van der Waals surface area contributed by atoms with Gasteiger partial charge >= 0.3 is 11.9 Å². The quantitative estimate of drug-likeness (QED) is 0.125. The number of aromatic nitrogens is 2. The van der Waals surface area contributed by atoms with Crippen molar-refractivity contribution >= 4 is 29.7 Å². The normalized spacial score (nSPS) is 13.4. The molecule has 0 spiro atoms. The summed E-state index contributed by atoms with van der Waals surface area (Å²) in [4.78, 5) is 65.7. The van der Waals surface area contributed by atoms with Crippen LogP contribution in [0.2, 0.25) is 0 Å². The number of nitrogens with two attached hydrogens (primary N) is 2. The number of aliphatic carboxylic acids is 2. The Morgan fingerprint density at radius 3 is 2.25 bits per heavy atom. The van der Waals surface area contributed by atoms with E-state index in [1.54, 1.807) is 0 Å². The van der Waals surface area contributed by atoms with Crippen LogP contribution in [-0.2, 0) is 30.4 Å². The van der Waals surface area contributed by atoms with Gasteiger partial charge in [-0.15, -0.1) is 0 Å². The fourth-order valence-electron chi connectivity index (χ4n) is 2.70. The van der Waals surface area contributed by atoms with E-state index in [-0.39, 0.29) is 12.8 Å². The standard InChI is InChI=1S/C18H29N7O7/c19-4-2-1-3-12(24-16(30)11(20)6-14(26)27)18(32)25-13(5-10-7-21-9-23-10)17(31)22-8-15(28)29/h7,9,11-13H,1-6,8,19-20H2,(H,21,23)(H,22,31)(H,24,30)(H,25,32)(H,26,27)(H,28,29). The van der Waals surface area contributed by atoms with E-state index in [1.807, 2.05) is 0 Å². The lowest BCUT2D eigenvalue weighted by Gasteiger charge is -2.23. The van der Waals surface area contributed by atoms with Gasteiger partial charge in [0.05, 0.1) is 18.8 Å². The fourth-order valence-corrected chi connectivity index (χ4v) is 2.70. The number of nitrogens with zero attached hydrogens (tertiary/aromatic N) is 1. The molecule has 32 heavy (non-hydrogen) atoms. The molecule has 1 aromatic rings. The third-order valence-corrected chi connectivity index (χ3v) is 4.34. The highest BCUT2D eigenvalue weighted by Gasteiger charge is 2.29. The van der Waals surface area contributed by atoms with Gasteiger partial charge in [-0.1, -0.05) is 0 Å². The molecule has 10 N–H and O–H groups in total. The first-order valence-corrected chi connectivity index (χ1v) is 9.89. The van der Waals surface area contributed by atoms with Crippen molar-refractivity contribution in [3.8, 4) is 0 Å². The number of aromatic amines is 1. The molecule has 0 aliphatic rings. The van der Waals surface area contributed by atoms with E-state index in [2.05, 4.69) is 25.9 Å². The van der Waals surface area contributed by atoms with E-state index in [4.69, 9.17) is 21.7 Å². The molecule has 14 heteroatoms. The van der Waals surface area contributed by atoms with Crippen LogP contribution in [-0.4, -0.2) is 81.1 Å². The number of hydrogen-bond donors (Lipinski definition) is 8. The van der Waals surface area contributed by atoms with Crippen molar-refractivity contribution in [1.29, 1.82) is 0 Å². The van der Waals surface area contributed by atoms with Gasteiger partial charge in [0.15, 0.2) is 0 Å². The first kappa shape index (κ1) is 26.5. The molecule has 0 aliphatic carbocycles. The molecule has 0 fully saturated rings. The van der Waals surface area contributed by atoms with E-state index in [9.17, 15) is 24.0 Å². The third kappa shape index (κ3) is 9.99. The number of nitrogens with one attached hydrogen (secondary N) is 4. The van der Waals surface area contributed by atoms with Crippen molar-refractivity contribution in [1.82, 2.24) is 25.9 Å². The van der Waals surface area contributed by atoms with Crippen LogP contribution in [0.1, 0.15) is 31.4 Å². The summed E-state index contributed by atoms with van der Waals surface area (Å²) in [6, 6.07) is -3.63. The number of amides is 3. The first-order valence-electron chi connectivity index (χ1n) is 9.89. The van der Waals surface area contributed by atoms with E-state index in [0.717, 1.165) is 0 Å². The molecule has 0 saturated heterocycles. The number of hydrogen-bond acceptors (Lipinski definition) is 8. The lowest BCUT2D eigenvalue weighted by molar-refractivity contribution is -0.139. The van der Waals surface area contributed by atoms with Gasteiger partial charge in [0.1, 0.15) is 18.6 Å². The Bertz CT molecular complexity index is 785. The van der Waals surface area contributed by atoms with Crippen LogP contribution in [0.25, 0.3) is 0 Å². The van der Waals surface area contributed by atoms with Crippen LogP contribution in [0.4, 0.5) is 0 Å². The summed E-state index contributed by atoms with van der Waals surface area (Å²) in [6.45, 7) is -0.282. The number of carbonyl (C=O) groups is 5. The first-order chi connectivity index (χ1) is 15.1. The molecule has 1 heterocycles. The summed E-state index contributed by atoms with van der Waals surface area (Å²) in [5.41, 5.74) is 11.5. The van der Waals surface area contributed by atoms with Gasteiger partial charge < -0.3 is 42.6 Å². The largest absolute Gasteiger partial charge is 0.481 e. The summed E-state index contributed by atoms with van der Waals surface area (Å²) < 4.78 is 0. The molecule has 0 aromatic carbocycles. The van der Waals surface area contributed by atoms with Gasteiger partial charge in [-0.05, 0) is 25.8 Å². The lowest BCUT2D eigenvalue weighted by atomic mass is 10.1. The maximum absolute atomic E-state index is 12.9. The molecule has 178 valence electrons. The number of H-pyrrole nitrogens is 1. The molecule has 3 amide bonds. The molecular weight excluding hydrogens is 426 g/mol. The molecule has 0 bridgehead atoms. The Hall–Kier alpha value is -3.52. The van der Waals surface area contributed by atoms with E-state index < -0.39 is 60.8 Å². The lowest BCUT2D eigenvalue weighted by Crippen LogP contribution is -2.56. The minimum Gasteiger partial charge on any atom is -0.481 e. The van der Waals surface area contributed by atoms with E-state index in [0.29, 0.717) is 25.1 Å². The number of carbonyl (C=O) groups excluding carboxylic acids is 3. The number of carboxylic acid groups (broad SMARTS) is 2. The Balaban J connectivity index is 2.92. The highest BCUT2D eigenvalue weighted by atomic mass is 16.4. The number of rotatable bonds is 15. The number of imidazole rings is 1. The van der Waals surface area contributed by atoms with Crippen molar-refractivity contribution in [3.63, 3.8) is 0 Å². The molecule has 3 atom stereocenters. The fraction of sp³-hybridized carbons (Fsp3) is 0.556. The van der Waals surface area contributed by atoms with Crippen molar-refractivity contribution < 1.29 is 34.2 Å². The highest BCUT2D eigenvalue weighted by molar-refractivity contribution is 5.94. The zero-order chi connectivity index (χ0) is 24.1. The minimum absolute atomic E-state index is 0.0147. The topological polar surface area (TPSA) is 243 Å². The van der Waals surface area contributed by atoms with Crippen LogP contribution in [0, 0.1) is 0 Å². The second kappa shape index (κ2) is 13.7. The van der Waals surface area contributed by atoms with Crippen molar-refractivity contribution in [2.75, 3.05) is 13.1 Å². The predicted octanol–water partition coefficient (Wildman–Crippen LogP) is -2.95. The highest BCUT2D eigenvalue weighted by Crippen LogP contribution is 2.05. The van der Waals surface area contributed by atoms with Gasteiger partial charge in [-0.2, -0.15) is 0 Å². The smallest absolute Gasteiger partial charge is 0.322 e. The van der Waals surface area contributed by atoms with Crippen LogP contribution in [0.15, 0.2) is 12.5 Å². The molecule has 0 radical (unpaired) electrons. The molecule has 14 nitrogen and oxygen atoms in total. The van der Waals surface area contributed by atoms with E-state index in [1.165, 1.54) is 12.5 Å². The SMILES string of the molecule is NCCCCC(NC(=O)C(N)CC(=O)O)C(=O)NC(Cc1cnc[nH]1)C(=O)NCC(=O)O. The van der Waals surface area contributed by atoms with Crippen LogP contribution in [0.5, 0.6) is 0 Å². The van der Waals surface area contributed by atoms with Gasteiger partial charge in [0, 0.05) is 18.3 Å². The van der Waals surface area contributed by atoms with Gasteiger partial charge in [-0.25, -0.2) is 4.98 Å². The number of unbranched alkanes of at least 4 members (excludes halogenated alkanes) is 1. The Morgan fingerprint density at radius 2 is 1.69 bits per heavy atom. The Labute approximate surface area is 183 Å². The summed E-state index contributed by atoms with van der Waals surface area (Å²) >= 11 is 0. The van der Waals surface area contributed by atoms with Crippen molar-refractivity contribution in [3.05, 3.63) is 18.2 Å². The average molecular weight is 455 g/mol. The molecule has 1 rings (SSSR count). The second-order valence-corrected chi connectivity index (χ2v) is 7.00. The van der Waals surface area contributed by atoms with Crippen molar-refractivity contribution in [2.45, 2.75) is 50.2 Å². The van der Waals surface area contributed by atoms with Crippen LogP contribution < -0.4 is 27.4 Å². The zero-order valence-electron chi connectivity index (χ0n) is 17.4. The van der Waals surface area contributed by atoms with Gasteiger partial charge in [0.2, 0.25) is 17.7 Å². The molecule has 3 unspecified atom stereocenters. The summed E-state index contributed by atoms with van der Waals surface area (Å²) in [5.74, 6) is -4.82. The summed E-state index contributed by atoms with van der Waals surface area (Å²) in [6.07, 6.45) is 3.39. The van der Waals surface area contributed by atoms with Crippen LogP contribution in [0.3, 0.4) is 0 Å². The Kier molecular flexibility index (Phi) is 11.4. The third-order valence-electron chi connectivity index (χ3n) is 4.34. The zero-order valence-corrected chi connectivity index (χ0v) is 17.4. The molecular formula is C18H29N7O7. The summed E-state index contributed by atoms with van der Waals surface area (Å²) in [7, 11) is 0. The minimum atomic E-state index is -1.36. The molecule has 0 aliphatic heterocycles. The monoisotopic (exact) mass is 455 g/mol. The number of carboxylic acids is 2. The maximum Gasteiger partial charge on any atom is 0.322 e. The second-order valence-electron chi connectivity index (χ2n) is 7.00. The van der Waals surface area contributed by atoms with Crippen molar-refractivity contribution in [2.24, 2.45) is 11.5 Å². The molecule has 1 aromatic heterocycles. The van der Waals surface area contributed by atoms with Gasteiger partial charge in [0.25, 0.3) is 0 Å². The predicted molar refractivity (Wildman–Crippen MR) is 110 cm³/mol. The maximum atomic E-state index is 12.9. The summed E-state index contributed by atoms with van der Waals surface area (Å²) in [5, 5.41) is 24.7. The van der Waals surface area contributed by atoms with Crippen LogP contribution >= 0.6 is 0 Å². The Morgan fingerprint density at radius 1 is 1.00 bits per heavy atom.